The monoisotopic (exact) mass is 281 g/mol. The minimum atomic E-state index is 0.0353. The topological polar surface area (TPSA) is 60.2 Å². The summed E-state index contributed by atoms with van der Waals surface area (Å²) in [5.74, 6) is 2.06. The Kier molecular flexibility index (Phi) is 5.98. The van der Waals surface area contributed by atoms with Gasteiger partial charge in [-0.2, -0.15) is 4.98 Å². The first kappa shape index (κ1) is 15.4. The van der Waals surface area contributed by atoms with E-state index in [0.29, 0.717) is 18.6 Å². The highest BCUT2D eigenvalue weighted by Gasteiger charge is 2.36. The number of ether oxygens (including phenoxy) is 1. The summed E-state index contributed by atoms with van der Waals surface area (Å²) in [7, 11) is 0. The third-order valence-corrected chi connectivity index (χ3v) is 3.67. The minimum absolute atomic E-state index is 0.0353. The van der Waals surface area contributed by atoms with Crippen LogP contribution in [0.4, 0.5) is 0 Å². The van der Waals surface area contributed by atoms with E-state index in [4.69, 9.17) is 9.26 Å². The predicted octanol–water partition coefficient (Wildman–Crippen LogP) is 2.88. The van der Waals surface area contributed by atoms with E-state index in [1.54, 1.807) is 0 Å². The van der Waals surface area contributed by atoms with Crippen molar-refractivity contribution in [3.63, 3.8) is 0 Å². The summed E-state index contributed by atoms with van der Waals surface area (Å²) in [5, 5.41) is 7.57. The van der Waals surface area contributed by atoms with Gasteiger partial charge in [-0.05, 0) is 52.0 Å². The maximum atomic E-state index is 5.75. The number of aryl methyl sites for hydroxylation is 1. The van der Waals surface area contributed by atoms with E-state index in [2.05, 4.69) is 29.3 Å². The highest BCUT2D eigenvalue weighted by atomic mass is 16.5. The van der Waals surface area contributed by atoms with Crippen LogP contribution in [-0.4, -0.2) is 29.3 Å². The molecule has 5 heteroatoms. The molecule has 0 saturated heterocycles. The fourth-order valence-electron chi connectivity index (χ4n) is 2.32. The first-order chi connectivity index (χ1) is 9.74. The average Bonchev–Trinajstić information content (AvgIpc) is 3.18. The molecule has 1 aliphatic carbocycles. The van der Waals surface area contributed by atoms with Crippen molar-refractivity contribution in [2.45, 2.75) is 65.0 Å². The number of rotatable bonds is 10. The fraction of sp³-hybridized carbons (Fsp3) is 0.867. The SMILES string of the molecule is CCCNC(C)CCc1nc(C(OCC)C2CC2)no1. The van der Waals surface area contributed by atoms with Crippen molar-refractivity contribution < 1.29 is 9.26 Å². The third-order valence-electron chi connectivity index (χ3n) is 3.67. The Morgan fingerprint density at radius 3 is 2.85 bits per heavy atom. The molecule has 1 heterocycles. The van der Waals surface area contributed by atoms with Crippen molar-refractivity contribution in [1.29, 1.82) is 0 Å². The molecule has 1 fully saturated rings. The molecule has 1 aromatic rings. The van der Waals surface area contributed by atoms with Crippen molar-refractivity contribution >= 4 is 0 Å². The molecule has 1 saturated carbocycles. The van der Waals surface area contributed by atoms with Crippen molar-refractivity contribution in [1.82, 2.24) is 15.5 Å². The molecule has 2 unspecified atom stereocenters. The molecule has 0 radical (unpaired) electrons. The van der Waals surface area contributed by atoms with E-state index in [9.17, 15) is 0 Å². The molecule has 1 N–H and O–H groups in total. The quantitative estimate of drug-likeness (QED) is 0.714. The highest BCUT2D eigenvalue weighted by Crippen LogP contribution is 2.42. The Labute approximate surface area is 121 Å². The van der Waals surface area contributed by atoms with Crippen LogP contribution in [0.25, 0.3) is 0 Å². The zero-order valence-corrected chi connectivity index (χ0v) is 12.9. The Hall–Kier alpha value is -0.940. The van der Waals surface area contributed by atoms with Crippen LogP contribution in [-0.2, 0) is 11.2 Å². The number of hydrogen-bond acceptors (Lipinski definition) is 5. The summed E-state index contributed by atoms with van der Waals surface area (Å²) in [5.41, 5.74) is 0. The lowest BCUT2D eigenvalue weighted by Gasteiger charge is -2.11. The van der Waals surface area contributed by atoms with Gasteiger partial charge >= 0.3 is 0 Å². The zero-order valence-electron chi connectivity index (χ0n) is 12.9. The van der Waals surface area contributed by atoms with Crippen LogP contribution in [0.2, 0.25) is 0 Å². The predicted molar refractivity (Wildman–Crippen MR) is 77.5 cm³/mol. The molecule has 20 heavy (non-hydrogen) atoms. The molecule has 1 aromatic heterocycles. The molecule has 114 valence electrons. The highest BCUT2D eigenvalue weighted by molar-refractivity contribution is 4.98. The fourth-order valence-corrected chi connectivity index (χ4v) is 2.32. The van der Waals surface area contributed by atoms with Gasteiger partial charge in [0.25, 0.3) is 0 Å². The average molecular weight is 281 g/mol. The van der Waals surface area contributed by atoms with Crippen molar-refractivity contribution in [2.75, 3.05) is 13.2 Å². The second kappa shape index (κ2) is 7.74. The lowest BCUT2D eigenvalue weighted by Crippen LogP contribution is -2.27. The molecule has 0 aromatic carbocycles. The lowest BCUT2D eigenvalue weighted by atomic mass is 10.2. The summed E-state index contributed by atoms with van der Waals surface area (Å²) in [6, 6.07) is 0.483. The van der Waals surface area contributed by atoms with Crippen LogP contribution >= 0.6 is 0 Å². The standard InChI is InChI=1S/C15H27N3O2/c1-4-10-16-11(3)6-9-13-17-15(18-20-13)14(19-5-2)12-7-8-12/h11-12,14,16H,4-10H2,1-3H3. The first-order valence-electron chi connectivity index (χ1n) is 7.92. The Morgan fingerprint density at radius 1 is 1.40 bits per heavy atom. The van der Waals surface area contributed by atoms with Gasteiger partial charge in [-0.1, -0.05) is 12.1 Å². The Balaban J connectivity index is 1.81. The number of aromatic nitrogens is 2. The van der Waals surface area contributed by atoms with E-state index >= 15 is 0 Å². The van der Waals surface area contributed by atoms with Crippen LogP contribution < -0.4 is 5.32 Å². The van der Waals surface area contributed by atoms with Gasteiger partial charge in [0.1, 0.15) is 6.10 Å². The summed E-state index contributed by atoms with van der Waals surface area (Å²) in [4.78, 5) is 4.51. The molecule has 0 amide bonds. The van der Waals surface area contributed by atoms with Gasteiger partial charge in [-0.25, -0.2) is 0 Å². The van der Waals surface area contributed by atoms with E-state index in [1.807, 2.05) is 6.92 Å². The second-order valence-corrected chi connectivity index (χ2v) is 5.65. The molecule has 0 aliphatic heterocycles. The Morgan fingerprint density at radius 2 is 2.20 bits per heavy atom. The van der Waals surface area contributed by atoms with E-state index in [1.165, 1.54) is 12.8 Å². The van der Waals surface area contributed by atoms with Gasteiger partial charge in [0.05, 0.1) is 0 Å². The summed E-state index contributed by atoms with van der Waals surface area (Å²) in [6.07, 6.45) is 5.47. The minimum Gasteiger partial charge on any atom is -0.370 e. The molecular formula is C15H27N3O2. The smallest absolute Gasteiger partial charge is 0.226 e. The van der Waals surface area contributed by atoms with Gasteiger partial charge in [0.2, 0.25) is 11.7 Å². The van der Waals surface area contributed by atoms with Crippen molar-refractivity contribution in [3.8, 4) is 0 Å². The van der Waals surface area contributed by atoms with Crippen LogP contribution in [0.5, 0.6) is 0 Å². The summed E-state index contributed by atoms with van der Waals surface area (Å²) in [6.45, 7) is 8.14. The van der Waals surface area contributed by atoms with Gasteiger partial charge in [-0.15, -0.1) is 0 Å². The molecule has 0 bridgehead atoms. The number of nitrogens with zero attached hydrogens (tertiary/aromatic N) is 2. The van der Waals surface area contributed by atoms with Gasteiger partial charge in [0.15, 0.2) is 0 Å². The van der Waals surface area contributed by atoms with E-state index in [0.717, 1.165) is 37.5 Å². The van der Waals surface area contributed by atoms with Gasteiger partial charge in [-0.3, -0.25) is 0 Å². The molecule has 2 rings (SSSR count). The number of nitrogens with one attached hydrogen (secondary N) is 1. The summed E-state index contributed by atoms with van der Waals surface area (Å²) < 4.78 is 11.1. The Bertz CT molecular complexity index is 390. The first-order valence-corrected chi connectivity index (χ1v) is 7.92. The second-order valence-electron chi connectivity index (χ2n) is 5.65. The molecule has 5 nitrogen and oxygen atoms in total. The maximum absolute atomic E-state index is 5.75. The molecule has 2 atom stereocenters. The molecule has 0 spiro atoms. The van der Waals surface area contributed by atoms with Crippen LogP contribution in [0.1, 0.15) is 64.3 Å². The maximum Gasteiger partial charge on any atom is 0.226 e. The van der Waals surface area contributed by atoms with Crippen molar-refractivity contribution in [2.24, 2.45) is 5.92 Å². The third kappa shape index (κ3) is 4.56. The summed E-state index contributed by atoms with van der Waals surface area (Å²) >= 11 is 0. The molecule has 1 aliphatic rings. The van der Waals surface area contributed by atoms with Crippen LogP contribution in [0.15, 0.2) is 4.52 Å². The molecular weight excluding hydrogens is 254 g/mol. The largest absolute Gasteiger partial charge is 0.370 e. The van der Waals surface area contributed by atoms with Gasteiger partial charge in [0, 0.05) is 19.1 Å². The van der Waals surface area contributed by atoms with Crippen LogP contribution in [0, 0.1) is 5.92 Å². The van der Waals surface area contributed by atoms with Crippen LogP contribution in [0.3, 0.4) is 0 Å². The number of hydrogen-bond donors (Lipinski definition) is 1. The normalized spacial score (nSPS) is 18.1. The van der Waals surface area contributed by atoms with E-state index in [-0.39, 0.29) is 6.10 Å². The zero-order chi connectivity index (χ0) is 14.4. The van der Waals surface area contributed by atoms with Gasteiger partial charge < -0.3 is 14.6 Å². The van der Waals surface area contributed by atoms with Crippen molar-refractivity contribution in [3.05, 3.63) is 11.7 Å². The van der Waals surface area contributed by atoms with E-state index < -0.39 is 0 Å². The lowest BCUT2D eigenvalue weighted by molar-refractivity contribution is 0.0384.